The van der Waals surface area contributed by atoms with Crippen molar-refractivity contribution in [3.05, 3.63) is 29.1 Å². The highest BCUT2D eigenvalue weighted by Gasteiger charge is 2.32. The average molecular weight is 276 g/mol. The highest BCUT2D eigenvalue weighted by Crippen LogP contribution is 2.35. The van der Waals surface area contributed by atoms with Gasteiger partial charge < -0.3 is 4.74 Å². The molecule has 3 heteroatoms. The van der Waals surface area contributed by atoms with Gasteiger partial charge in [-0.3, -0.25) is 9.88 Å². The van der Waals surface area contributed by atoms with Crippen LogP contribution in [0.15, 0.2) is 12.1 Å². The van der Waals surface area contributed by atoms with Gasteiger partial charge in [0.25, 0.3) is 0 Å². The maximum absolute atomic E-state index is 5.58. The summed E-state index contributed by atoms with van der Waals surface area (Å²) in [5, 5.41) is 0. The van der Waals surface area contributed by atoms with Crippen LogP contribution >= 0.6 is 0 Å². The SMILES string of the molecule is CC(C)c1ccc([C@H]2CCOC2)c(C(C)(C)N(C)C)n1. The Balaban J connectivity index is 2.50. The molecule has 1 aromatic rings. The van der Waals surface area contributed by atoms with Gasteiger partial charge in [0.15, 0.2) is 0 Å². The Morgan fingerprint density at radius 3 is 2.50 bits per heavy atom. The Morgan fingerprint density at radius 2 is 2.00 bits per heavy atom. The third-order valence-electron chi connectivity index (χ3n) is 4.61. The van der Waals surface area contributed by atoms with Crippen molar-refractivity contribution in [3.63, 3.8) is 0 Å². The van der Waals surface area contributed by atoms with Gasteiger partial charge in [-0.05, 0) is 51.9 Å². The Kier molecular flexibility index (Phi) is 4.50. The fraction of sp³-hybridized carbons (Fsp3) is 0.706. The highest BCUT2D eigenvalue weighted by molar-refractivity contribution is 5.33. The molecule has 0 amide bonds. The lowest BCUT2D eigenvalue weighted by Crippen LogP contribution is -2.37. The van der Waals surface area contributed by atoms with Gasteiger partial charge in [0.2, 0.25) is 0 Å². The second-order valence-corrected chi connectivity index (χ2v) is 6.84. The standard InChI is InChI=1S/C17H28N2O/c1-12(2)15-8-7-14(13-9-10-20-11-13)16(18-15)17(3,4)19(5)6/h7-8,12-13H,9-11H2,1-6H3/t13-/m0/s1. The highest BCUT2D eigenvalue weighted by atomic mass is 16.5. The van der Waals surface area contributed by atoms with Crippen LogP contribution in [0.3, 0.4) is 0 Å². The molecule has 20 heavy (non-hydrogen) atoms. The molecular formula is C17H28N2O. The molecule has 2 rings (SSSR count). The van der Waals surface area contributed by atoms with E-state index in [9.17, 15) is 0 Å². The molecule has 0 radical (unpaired) electrons. The summed E-state index contributed by atoms with van der Waals surface area (Å²) in [7, 11) is 4.25. The smallest absolute Gasteiger partial charge is 0.0639 e. The van der Waals surface area contributed by atoms with Gasteiger partial charge in [0, 0.05) is 18.2 Å². The van der Waals surface area contributed by atoms with Crippen molar-refractivity contribution >= 4 is 0 Å². The first-order chi connectivity index (χ1) is 9.34. The number of hydrogen-bond acceptors (Lipinski definition) is 3. The zero-order chi connectivity index (χ0) is 14.9. The van der Waals surface area contributed by atoms with Crippen molar-refractivity contribution in [2.45, 2.75) is 51.5 Å². The monoisotopic (exact) mass is 276 g/mol. The normalized spacial score (nSPS) is 20.1. The van der Waals surface area contributed by atoms with E-state index < -0.39 is 0 Å². The van der Waals surface area contributed by atoms with Crippen molar-refractivity contribution in [2.24, 2.45) is 0 Å². The lowest BCUT2D eigenvalue weighted by atomic mass is 9.86. The summed E-state index contributed by atoms with van der Waals surface area (Å²) in [4.78, 5) is 7.26. The minimum absolute atomic E-state index is 0.0666. The van der Waals surface area contributed by atoms with Crippen LogP contribution in [-0.2, 0) is 10.3 Å². The summed E-state index contributed by atoms with van der Waals surface area (Å²) < 4.78 is 5.58. The first-order valence-corrected chi connectivity index (χ1v) is 7.60. The Labute approximate surface area is 123 Å². The summed E-state index contributed by atoms with van der Waals surface area (Å²) >= 11 is 0. The molecule has 0 unspecified atom stereocenters. The van der Waals surface area contributed by atoms with Gasteiger partial charge in [-0.15, -0.1) is 0 Å². The van der Waals surface area contributed by atoms with Crippen molar-refractivity contribution in [3.8, 4) is 0 Å². The number of ether oxygens (including phenoxy) is 1. The van der Waals surface area contributed by atoms with Crippen LogP contribution in [0.1, 0.15) is 62.9 Å². The van der Waals surface area contributed by atoms with Crippen molar-refractivity contribution in [2.75, 3.05) is 27.3 Å². The van der Waals surface area contributed by atoms with E-state index in [4.69, 9.17) is 9.72 Å². The topological polar surface area (TPSA) is 25.4 Å². The van der Waals surface area contributed by atoms with Gasteiger partial charge in [-0.1, -0.05) is 19.9 Å². The van der Waals surface area contributed by atoms with Crippen LogP contribution < -0.4 is 0 Å². The van der Waals surface area contributed by atoms with Gasteiger partial charge in [0.1, 0.15) is 0 Å². The van der Waals surface area contributed by atoms with Crippen LogP contribution in [-0.4, -0.2) is 37.2 Å². The van der Waals surface area contributed by atoms with E-state index >= 15 is 0 Å². The summed E-state index contributed by atoms with van der Waals surface area (Å²) in [5.74, 6) is 0.957. The second kappa shape index (κ2) is 5.82. The predicted octanol–water partition coefficient (Wildman–Crippen LogP) is 3.51. The summed E-state index contributed by atoms with van der Waals surface area (Å²) in [6.45, 7) is 10.6. The molecule has 0 aliphatic carbocycles. The Bertz CT molecular complexity index is 460. The van der Waals surface area contributed by atoms with E-state index in [2.05, 4.69) is 58.8 Å². The fourth-order valence-electron chi connectivity index (χ4n) is 2.62. The quantitative estimate of drug-likeness (QED) is 0.841. The molecule has 1 atom stereocenters. The largest absolute Gasteiger partial charge is 0.381 e. The summed E-state index contributed by atoms with van der Waals surface area (Å²) in [6.07, 6.45) is 1.11. The number of rotatable bonds is 4. The third-order valence-corrected chi connectivity index (χ3v) is 4.61. The van der Waals surface area contributed by atoms with Gasteiger partial charge in [-0.2, -0.15) is 0 Å². The molecule has 1 aromatic heterocycles. The molecule has 0 bridgehead atoms. The number of pyridine rings is 1. The van der Waals surface area contributed by atoms with Crippen LogP contribution in [0.5, 0.6) is 0 Å². The Morgan fingerprint density at radius 1 is 1.30 bits per heavy atom. The lowest BCUT2D eigenvalue weighted by molar-refractivity contribution is 0.184. The molecule has 112 valence electrons. The fourth-order valence-corrected chi connectivity index (χ4v) is 2.62. The maximum Gasteiger partial charge on any atom is 0.0639 e. The molecule has 0 spiro atoms. The molecule has 0 saturated carbocycles. The van der Waals surface area contributed by atoms with E-state index in [0.717, 1.165) is 19.6 Å². The van der Waals surface area contributed by atoms with Crippen LogP contribution in [0.2, 0.25) is 0 Å². The van der Waals surface area contributed by atoms with E-state index in [1.807, 2.05) is 0 Å². The second-order valence-electron chi connectivity index (χ2n) is 6.84. The molecule has 1 aliphatic heterocycles. The molecular weight excluding hydrogens is 248 g/mol. The van der Waals surface area contributed by atoms with Crippen LogP contribution in [0.4, 0.5) is 0 Å². The van der Waals surface area contributed by atoms with Crippen molar-refractivity contribution in [1.82, 2.24) is 9.88 Å². The molecule has 0 aromatic carbocycles. The molecule has 3 nitrogen and oxygen atoms in total. The van der Waals surface area contributed by atoms with Crippen molar-refractivity contribution in [1.29, 1.82) is 0 Å². The summed E-state index contributed by atoms with van der Waals surface area (Å²) in [5.41, 5.74) is 3.69. The van der Waals surface area contributed by atoms with Gasteiger partial charge >= 0.3 is 0 Å². The first kappa shape index (κ1) is 15.5. The maximum atomic E-state index is 5.58. The van der Waals surface area contributed by atoms with E-state index in [1.54, 1.807) is 0 Å². The molecule has 2 heterocycles. The number of hydrogen-bond donors (Lipinski definition) is 0. The van der Waals surface area contributed by atoms with E-state index in [0.29, 0.717) is 11.8 Å². The van der Waals surface area contributed by atoms with Crippen molar-refractivity contribution < 1.29 is 4.74 Å². The Hall–Kier alpha value is -0.930. The number of aromatic nitrogens is 1. The lowest BCUT2D eigenvalue weighted by Gasteiger charge is -2.35. The molecule has 1 saturated heterocycles. The third kappa shape index (κ3) is 2.89. The van der Waals surface area contributed by atoms with E-state index in [1.165, 1.54) is 17.0 Å². The average Bonchev–Trinajstić information content (AvgIpc) is 2.91. The predicted molar refractivity (Wildman–Crippen MR) is 83.2 cm³/mol. The van der Waals surface area contributed by atoms with Gasteiger partial charge in [0.05, 0.1) is 17.8 Å². The minimum atomic E-state index is -0.0666. The molecule has 1 aliphatic rings. The van der Waals surface area contributed by atoms with Crippen LogP contribution in [0.25, 0.3) is 0 Å². The minimum Gasteiger partial charge on any atom is -0.381 e. The summed E-state index contributed by atoms with van der Waals surface area (Å²) in [6, 6.07) is 4.47. The van der Waals surface area contributed by atoms with Gasteiger partial charge in [-0.25, -0.2) is 0 Å². The molecule has 1 fully saturated rings. The number of nitrogens with zero attached hydrogens (tertiary/aromatic N) is 2. The zero-order valence-corrected chi connectivity index (χ0v) is 13.7. The zero-order valence-electron chi connectivity index (χ0n) is 13.7. The first-order valence-electron chi connectivity index (χ1n) is 7.60. The van der Waals surface area contributed by atoms with Crippen LogP contribution in [0, 0.1) is 0 Å². The molecule has 0 N–H and O–H groups in total. The van der Waals surface area contributed by atoms with E-state index in [-0.39, 0.29) is 5.54 Å².